The topological polar surface area (TPSA) is 87.9 Å². The van der Waals surface area contributed by atoms with Crippen LogP contribution in [0.5, 0.6) is 0 Å². The first-order valence-corrected chi connectivity index (χ1v) is 9.14. The zero-order chi connectivity index (χ0) is 20.1. The van der Waals surface area contributed by atoms with Gasteiger partial charge in [-0.2, -0.15) is 10.4 Å². The second-order valence-electron chi connectivity index (χ2n) is 6.73. The van der Waals surface area contributed by atoms with Crippen molar-refractivity contribution in [2.45, 2.75) is 19.8 Å². The number of nitrogen functional groups attached to an aromatic ring is 1. The number of aromatic nitrogens is 2. The van der Waals surface area contributed by atoms with Crippen LogP contribution >= 0.6 is 0 Å². The molecule has 0 saturated carbocycles. The van der Waals surface area contributed by atoms with Gasteiger partial charge in [0.05, 0.1) is 17.3 Å². The summed E-state index contributed by atoms with van der Waals surface area (Å²) in [5, 5.41) is 12.8. The Bertz CT molecular complexity index is 1010. The van der Waals surface area contributed by atoms with Crippen LogP contribution in [0.2, 0.25) is 0 Å². The summed E-state index contributed by atoms with van der Waals surface area (Å²) in [6.07, 6.45) is 3.99. The number of fused-ring (bicyclic) bond motifs is 1. The van der Waals surface area contributed by atoms with Gasteiger partial charge in [0, 0.05) is 43.7 Å². The number of carbonyl (C=O) groups excluding carboxylic acids is 1. The molecule has 2 N–H and O–H groups in total. The number of hydrogen-bond acceptors (Lipinski definition) is 4. The van der Waals surface area contributed by atoms with Gasteiger partial charge >= 0.3 is 0 Å². The smallest absolute Gasteiger partial charge is 0.223 e. The van der Waals surface area contributed by atoms with Crippen LogP contribution in [0.25, 0.3) is 11.3 Å². The van der Waals surface area contributed by atoms with Crippen LogP contribution in [-0.2, 0) is 18.3 Å². The number of hydrogen-bond donors (Lipinski definition) is 1. The standard InChI is InChI=1S/C15H17N3O.C7H6N2/c1-11(19)18-8-3-4-13-10-12(5-6-15(13)18)14-7-9-17(2)16-14;8-5-6-1-3-7(9)4-2-6/h5-7,9-10H,3-4,8H2,1-2H3;1-4H,9H2. The summed E-state index contributed by atoms with van der Waals surface area (Å²) in [5.74, 6) is 0.117. The normalized spacial score (nSPS) is 12.4. The Morgan fingerprint density at radius 3 is 2.54 bits per heavy atom. The van der Waals surface area contributed by atoms with Crippen molar-refractivity contribution < 1.29 is 4.79 Å². The van der Waals surface area contributed by atoms with E-state index in [2.05, 4.69) is 11.2 Å². The first-order chi connectivity index (χ1) is 13.5. The third-order valence-corrected chi connectivity index (χ3v) is 4.63. The Morgan fingerprint density at radius 1 is 1.18 bits per heavy atom. The van der Waals surface area contributed by atoms with E-state index in [1.54, 1.807) is 35.9 Å². The molecule has 4 rings (SSSR count). The summed E-state index contributed by atoms with van der Waals surface area (Å²) in [6, 6.07) is 17.0. The van der Waals surface area contributed by atoms with Crippen molar-refractivity contribution in [1.82, 2.24) is 9.78 Å². The van der Waals surface area contributed by atoms with Gasteiger partial charge in [-0.05, 0) is 60.9 Å². The molecule has 0 atom stereocenters. The van der Waals surface area contributed by atoms with E-state index in [1.165, 1.54) is 5.56 Å². The molecule has 1 amide bonds. The highest BCUT2D eigenvalue weighted by molar-refractivity contribution is 5.93. The van der Waals surface area contributed by atoms with Gasteiger partial charge in [-0.1, -0.05) is 6.07 Å². The Hall–Kier alpha value is -3.59. The summed E-state index contributed by atoms with van der Waals surface area (Å²) in [4.78, 5) is 13.5. The third kappa shape index (κ3) is 4.38. The lowest BCUT2D eigenvalue weighted by Gasteiger charge is -2.28. The van der Waals surface area contributed by atoms with Crippen LogP contribution in [0, 0.1) is 11.3 Å². The number of nitrogens with zero attached hydrogens (tertiary/aromatic N) is 4. The maximum atomic E-state index is 11.6. The number of amides is 1. The largest absolute Gasteiger partial charge is 0.399 e. The van der Waals surface area contributed by atoms with Gasteiger partial charge in [0.25, 0.3) is 0 Å². The van der Waals surface area contributed by atoms with E-state index < -0.39 is 0 Å². The molecule has 1 aliphatic rings. The van der Waals surface area contributed by atoms with Gasteiger partial charge in [0.2, 0.25) is 5.91 Å². The maximum absolute atomic E-state index is 11.6. The fourth-order valence-electron chi connectivity index (χ4n) is 3.21. The molecule has 1 aromatic heterocycles. The molecule has 6 heteroatoms. The minimum absolute atomic E-state index is 0.117. The van der Waals surface area contributed by atoms with Crippen LogP contribution in [-0.4, -0.2) is 22.2 Å². The van der Waals surface area contributed by atoms with Crippen LogP contribution in [0.3, 0.4) is 0 Å². The van der Waals surface area contributed by atoms with Crippen molar-refractivity contribution >= 4 is 17.3 Å². The van der Waals surface area contributed by atoms with Crippen molar-refractivity contribution in [3.63, 3.8) is 0 Å². The summed E-state index contributed by atoms with van der Waals surface area (Å²) in [7, 11) is 1.92. The molecular weight excluding hydrogens is 350 g/mol. The summed E-state index contributed by atoms with van der Waals surface area (Å²) in [5.41, 5.74) is 11.1. The predicted molar refractivity (Wildman–Crippen MR) is 111 cm³/mol. The lowest BCUT2D eigenvalue weighted by molar-refractivity contribution is -0.116. The van der Waals surface area contributed by atoms with Crippen molar-refractivity contribution in [3.05, 3.63) is 65.9 Å². The van der Waals surface area contributed by atoms with Crippen LogP contribution < -0.4 is 10.6 Å². The van der Waals surface area contributed by atoms with Crippen molar-refractivity contribution in [2.24, 2.45) is 7.05 Å². The summed E-state index contributed by atoms with van der Waals surface area (Å²) < 4.78 is 1.80. The number of rotatable bonds is 1. The summed E-state index contributed by atoms with van der Waals surface area (Å²) in [6.45, 7) is 2.45. The fraction of sp³-hybridized carbons (Fsp3) is 0.227. The number of benzene rings is 2. The van der Waals surface area contributed by atoms with E-state index in [0.717, 1.165) is 36.3 Å². The molecule has 28 heavy (non-hydrogen) atoms. The molecule has 6 nitrogen and oxygen atoms in total. The molecule has 0 radical (unpaired) electrons. The van der Waals surface area contributed by atoms with Gasteiger partial charge in [-0.25, -0.2) is 0 Å². The summed E-state index contributed by atoms with van der Waals surface area (Å²) >= 11 is 0. The quantitative estimate of drug-likeness (QED) is 0.661. The SMILES string of the molecule is CC(=O)N1CCCc2cc(-c3ccn(C)n3)ccc21.N#Cc1ccc(N)cc1. The molecule has 0 saturated heterocycles. The third-order valence-electron chi connectivity index (χ3n) is 4.63. The molecule has 0 unspecified atom stereocenters. The van der Waals surface area contributed by atoms with Crippen molar-refractivity contribution in [3.8, 4) is 17.3 Å². The number of nitriles is 1. The second kappa shape index (κ2) is 8.40. The van der Waals surface area contributed by atoms with Gasteiger partial charge in [-0.15, -0.1) is 0 Å². The molecule has 142 valence electrons. The van der Waals surface area contributed by atoms with Gasteiger partial charge in [0.1, 0.15) is 0 Å². The average Bonchev–Trinajstić information content (AvgIpc) is 3.14. The molecule has 2 heterocycles. The zero-order valence-electron chi connectivity index (χ0n) is 16.1. The van der Waals surface area contributed by atoms with Crippen LogP contribution in [0.4, 0.5) is 11.4 Å². The van der Waals surface area contributed by atoms with E-state index in [9.17, 15) is 4.79 Å². The predicted octanol–water partition coefficient (Wildman–Crippen LogP) is 3.53. The monoisotopic (exact) mass is 373 g/mol. The first-order valence-electron chi connectivity index (χ1n) is 9.14. The number of nitrogens with two attached hydrogens (primary N) is 1. The first kappa shape index (κ1) is 19.2. The van der Waals surface area contributed by atoms with Gasteiger partial charge in [-0.3, -0.25) is 9.48 Å². The van der Waals surface area contributed by atoms with Crippen LogP contribution in [0.1, 0.15) is 24.5 Å². The van der Waals surface area contributed by atoms with E-state index >= 15 is 0 Å². The van der Waals surface area contributed by atoms with Gasteiger partial charge in [0.15, 0.2) is 0 Å². The average molecular weight is 373 g/mol. The lowest BCUT2D eigenvalue weighted by atomic mass is 9.98. The van der Waals surface area contributed by atoms with E-state index in [1.807, 2.05) is 42.4 Å². The molecule has 0 bridgehead atoms. The lowest BCUT2D eigenvalue weighted by Crippen LogP contribution is -2.33. The number of aryl methyl sites for hydroxylation is 2. The highest BCUT2D eigenvalue weighted by atomic mass is 16.2. The number of carbonyl (C=O) groups is 1. The highest BCUT2D eigenvalue weighted by Crippen LogP contribution is 2.31. The fourth-order valence-corrected chi connectivity index (χ4v) is 3.21. The minimum Gasteiger partial charge on any atom is -0.399 e. The van der Waals surface area contributed by atoms with E-state index in [4.69, 9.17) is 11.0 Å². The molecule has 3 aromatic rings. The maximum Gasteiger partial charge on any atom is 0.223 e. The Balaban J connectivity index is 0.000000211. The zero-order valence-corrected chi connectivity index (χ0v) is 16.1. The molecule has 2 aromatic carbocycles. The second-order valence-corrected chi connectivity index (χ2v) is 6.73. The molecule has 0 spiro atoms. The molecular formula is C22H23N5O. The van der Waals surface area contributed by atoms with Crippen molar-refractivity contribution in [2.75, 3.05) is 17.2 Å². The van der Waals surface area contributed by atoms with Gasteiger partial charge < -0.3 is 10.6 Å². The Morgan fingerprint density at radius 2 is 1.93 bits per heavy atom. The molecule has 1 aliphatic heterocycles. The molecule has 0 aliphatic carbocycles. The van der Waals surface area contributed by atoms with Crippen molar-refractivity contribution in [1.29, 1.82) is 5.26 Å². The van der Waals surface area contributed by atoms with E-state index in [-0.39, 0.29) is 5.91 Å². The Labute approximate surface area is 164 Å². The van der Waals surface area contributed by atoms with Crippen LogP contribution in [0.15, 0.2) is 54.7 Å². The van der Waals surface area contributed by atoms with E-state index in [0.29, 0.717) is 11.3 Å². The minimum atomic E-state index is 0.117. The highest BCUT2D eigenvalue weighted by Gasteiger charge is 2.20. The Kier molecular flexibility index (Phi) is 5.75. The molecule has 0 fully saturated rings. The number of anilines is 2.